The highest BCUT2D eigenvalue weighted by Gasteiger charge is 2.16. The summed E-state index contributed by atoms with van der Waals surface area (Å²) in [6.07, 6.45) is 1.08. The number of hydrogen-bond donors (Lipinski definition) is 2. The maximum Gasteiger partial charge on any atom is 0.387 e. The first-order valence-corrected chi connectivity index (χ1v) is 5.85. The van der Waals surface area contributed by atoms with Crippen molar-refractivity contribution in [2.75, 3.05) is 0 Å². The lowest BCUT2D eigenvalue weighted by molar-refractivity contribution is -0.0497. The molecule has 1 aromatic heterocycles. The van der Waals surface area contributed by atoms with Gasteiger partial charge in [0.1, 0.15) is 10.6 Å². The van der Waals surface area contributed by atoms with Crippen molar-refractivity contribution in [3.8, 4) is 5.75 Å². The predicted octanol–water partition coefficient (Wildman–Crippen LogP) is 2.02. The molecule has 92 valence electrons. The van der Waals surface area contributed by atoms with Crippen molar-refractivity contribution in [2.24, 2.45) is 0 Å². The van der Waals surface area contributed by atoms with Crippen LogP contribution in [0.3, 0.4) is 0 Å². The maximum atomic E-state index is 11.9. The zero-order chi connectivity index (χ0) is 12.6. The van der Waals surface area contributed by atoms with Crippen LogP contribution in [0.1, 0.15) is 0 Å². The zero-order valence-electron chi connectivity index (χ0n) is 8.22. The quantitative estimate of drug-likeness (QED) is 0.830. The summed E-state index contributed by atoms with van der Waals surface area (Å²) >= 11 is 0. The number of rotatable bonds is 3. The Morgan fingerprint density at radius 3 is 2.65 bits per heavy atom. The van der Waals surface area contributed by atoms with Crippen LogP contribution in [0.4, 0.5) is 8.78 Å². The Balaban J connectivity index is 2.52. The molecule has 0 bridgehead atoms. The fraction of sp³-hybridized carbons (Fsp3) is 0.111. The van der Waals surface area contributed by atoms with Gasteiger partial charge in [0.2, 0.25) is 0 Å². The third-order valence-corrected chi connectivity index (χ3v) is 3.01. The third-order valence-electron chi connectivity index (χ3n) is 2.12. The number of H-pyrrole nitrogens is 1. The zero-order valence-corrected chi connectivity index (χ0v) is 9.04. The van der Waals surface area contributed by atoms with Crippen molar-refractivity contribution >= 4 is 21.0 Å². The molecule has 1 heterocycles. The fourth-order valence-corrected chi connectivity index (χ4v) is 2.13. The summed E-state index contributed by atoms with van der Waals surface area (Å²) in [6, 6.07) is 3.68. The largest absolute Gasteiger partial charge is 0.435 e. The molecule has 8 heteroatoms. The van der Waals surface area contributed by atoms with E-state index >= 15 is 0 Å². The summed E-state index contributed by atoms with van der Waals surface area (Å²) in [4.78, 5) is 2.24. The first-order valence-electron chi connectivity index (χ1n) is 4.41. The first kappa shape index (κ1) is 11.8. The van der Waals surface area contributed by atoms with Crippen LogP contribution < -0.4 is 4.74 Å². The average molecular weight is 263 g/mol. The molecule has 0 saturated carbocycles. The van der Waals surface area contributed by atoms with Gasteiger partial charge in [0.25, 0.3) is 10.1 Å². The van der Waals surface area contributed by atoms with E-state index in [0.717, 1.165) is 6.20 Å². The number of ether oxygens (including phenoxy) is 1. The molecule has 0 unspecified atom stereocenters. The van der Waals surface area contributed by atoms with E-state index in [2.05, 4.69) is 9.72 Å². The number of halogens is 2. The van der Waals surface area contributed by atoms with E-state index < -0.39 is 16.7 Å². The molecule has 0 saturated heterocycles. The van der Waals surface area contributed by atoms with Crippen molar-refractivity contribution < 1.29 is 26.5 Å². The Bertz CT molecular complexity index is 650. The van der Waals surface area contributed by atoms with Gasteiger partial charge in [-0.25, -0.2) is 0 Å². The topological polar surface area (TPSA) is 79.4 Å². The second-order valence-corrected chi connectivity index (χ2v) is 4.60. The first-order chi connectivity index (χ1) is 7.88. The standard InChI is InChI=1S/C9H7F2NO4S/c10-9(11)16-5-1-2-6-7(3-5)12-4-8(6)17(13,14)15/h1-4,9,12H,(H,13,14,15). The van der Waals surface area contributed by atoms with Gasteiger partial charge >= 0.3 is 6.61 Å². The monoisotopic (exact) mass is 263 g/mol. The smallest absolute Gasteiger partial charge is 0.387 e. The molecule has 2 rings (SSSR count). The molecule has 17 heavy (non-hydrogen) atoms. The molecule has 0 radical (unpaired) electrons. The Hall–Kier alpha value is -1.67. The highest BCUT2D eigenvalue weighted by molar-refractivity contribution is 7.86. The van der Waals surface area contributed by atoms with E-state index in [-0.39, 0.29) is 21.5 Å². The van der Waals surface area contributed by atoms with Gasteiger partial charge in [0.15, 0.2) is 0 Å². The van der Waals surface area contributed by atoms with E-state index in [4.69, 9.17) is 4.55 Å². The van der Waals surface area contributed by atoms with Crippen molar-refractivity contribution in [1.82, 2.24) is 4.98 Å². The number of aromatic amines is 1. The molecule has 0 fully saturated rings. The maximum absolute atomic E-state index is 11.9. The molecular formula is C9H7F2NO4S. The van der Waals surface area contributed by atoms with Crippen LogP contribution in [0.15, 0.2) is 29.3 Å². The van der Waals surface area contributed by atoms with Crippen molar-refractivity contribution in [3.05, 3.63) is 24.4 Å². The van der Waals surface area contributed by atoms with Gasteiger partial charge in [0.05, 0.1) is 5.52 Å². The molecule has 0 amide bonds. The van der Waals surface area contributed by atoms with E-state index in [1.807, 2.05) is 0 Å². The Kier molecular flexibility index (Phi) is 2.76. The van der Waals surface area contributed by atoms with Crippen LogP contribution in [0, 0.1) is 0 Å². The second-order valence-electron chi connectivity index (χ2n) is 3.21. The van der Waals surface area contributed by atoms with Crippen LogP contribution in [0.5, 0.6) is 5.75 Å². The molecule has 2 aromatic rings. The summed E-state index contributed by atoms with van der Waals surface area (Å²) in [5.74, 6) is -0.101. The molecule has 0 aliphatic heterocycles. The summed E-state index contributed by atoms with van der Waals surface area (Å²) in [5.41, 5.74) is 0.274. The predicted molar refractivity (Wildman–Crippen MR) is 54.7 cm³/mol. The SMILES string of the molecule is O=S(=O)(O)c1c[nH]c2cc(OC(F)F)ccc12. The number of aromatic nitrogens is 1. The molecular weight excluding hydrogens is 256 g/mol. The number of hydrogen-bond acceptors (Lipinski definition) is 3. The molecule has 0 atom stereocenters. The normalized spacial score (nSPS) is 12.2. The van der Waals surface area contributed by atoms with E-state index in [1.54, 1.807) is 0 Å². The molecule has 0 spiro atoms. The summed E-state index contributed by atoms with van der Waals surface area (Å²) < 4.78 is 58.8. The number of benzene rings is 1. The van der Waals surface area contributed by atoms with Crippen molar-refractivity contribution in [2.45, 2.75) is 11.5 Å². The molecule has 2 N–H and O–H groups in total. The van der Waals surface area contributed by atoms with Crippen LogP contribution in [-0.4, -0.2) is 24.6 Å². The molecule has 0 aliphatic carbocycles. The van der Waals surface area contributed by atoms with Crippen molar-refractivity contribution in [3.63, 3.8) is 0 Å². The minimum Gasteiger partial charge on any atom is -0.435 e. The van der Waals surface area contributed by atoms with E-state index in [1.165, 1.54) is 18.2 Å². The van der Waals surface area contributed by atoms with Crippen LogP contribution in [-0.2, 0) is 10.1 Å². The average Bonchev–Trinajstić information content (AvgIpc) is 2.58. The lowest BCUT2D eigenvalue weighted by atomic mass is 10.2. The lowest BCUT2D eigenvalue weighted by Crippen LogP contribution is -2.01. The van der Waals surface area contributed by atoms with Gasteiger partial charge in [-0.3, -0.25) is 4.55 Å². The number of alkyl halides is 2. The van der Waals surface area contributed by atoms with Gasteiger partial charge in [-0.2, -0.15) is 17.2 Å². The van der Waals surface area contributed by atoms with Gasteiger partial charge in [0, 0.05) is 17.6 Å². The highest BCUT2D eigenvalue weighted by Crippen LogP contribution is 2.26. The lowest BCUT2D eigenvalue weighted by Gasteiger charge is -2.03. The third kappa shape index (κ3) is 2.37. The van der Waals surface area contributed by atoms with Gasteiger partial charge in [-0.15, -0.1) is 0 Å². The fourth-order valence-electron chi connectivity index (χ4n) is 1.47. The van der Waals surface area contributed by atoms with Crippen molar-refractivity contribution in [1.29, 1.82) is 0 Å². The van der Waals surface area contributed by atoms with Crippen LogP contribution in [0.2, 0.25) is 0 Å². The summed E-state index contributed by atoms with van der Waals surface area (Å²) in [6.45, 7) is -2.96. The number of fused-ring (bicyclic) bond motifs is 1. The van der Waals surface area contributed by atoms with Crippen LogP contribution >= 0.6 is 0 Å². The molecule has 5 nitrogen and oxygen atoms in total. The Morgan fingerprint density at radius 2 is 2.06 bits per heavy atom. The molecule has 0 aliphatic rings. The highest BCUT2D eigenvalue weighted by atomic mass is 32.2. The minimum absolute atomic E-state index is 0.101. The summed E-state index contributed by atoms with van der Waals surface area (Å²) in [7, 11) is -4.34. The van der Waals surface area contributed by atoms with E-state index in [0.29, 0.717) is 0 Å². The van der Waals surface area contributed by atoms with Gasteiger partial charge in [-0.1, -0.05) is 0 Å². The van der Waals surface area contributed by atoms with Gasteiger partial charge in [-0.05, 0) is 12.1 Å². The Morgan fingerprint density at radius 1 is 1.35 bits per heavy atom. The number of nitrogens with one attached hydrogen (secondary N) is 1. The van der Waals surface area contributed by atoms with E-state index in [9.17, 15) is 17.2 Å². The van der Waals surface area contributed by atoms with Gasteiger partial charge < -0.3 is 9.72 Å². The minimum atomic E-state index is -4.34. The second kappa shape index (κ2) is 3.97. The molecule has 1 aromatic carbocycles. The van der Waals surface area contributed by atoms with Crippen LogP contribution in [0.25, 0.3) is 10.9 Å². The summed E-state index contributed by atoms with van der Waals surface area (Å²) in [5, 5.41) is 0.203. The Labute approximate surface area is 94.8 Å².